The van der Waals surface area contributed by atoms with E-state index in [1.54, 1.807) is 23.0 Å². The van der Waals surface area contributed by atoms with Crippen molar-refractivity contribution in [2.24, 2.45) is 0 Å². The van der Waals surface area contributed by atoms with Gasteiger partial charge in [0.2, 0.25) is 0 Å². The van der Waals surface area contributed by atoms with Crippen LogP contribution in [0.4, 0.5) is 0 Å². The average Bonchev–Trinajstić information content (AvgIpc) is 3.50. The lowest BCUT2D eigenvalue weighted by atomic mass is 10.1. The number of ether oxygens (including phenoxy) is 1. The van der Waals surface area contributed by atoms with Crippen LogP contribution in [-0.4, -0.2) is 33.4 Å². The molecule has 9 heteroatoms. The minimum atomic E-state index is 0.0569. The normalized spacial score (nSPS) is 13.2. The molecule has 0 saturated carbocycles. The quantitative estimate of drug-likeness (QED) is 0.212. The van der Waals surface area contributed by atoms with E-state index >= 15 is 0 Å². The summed E-state index contributed by atoms with van der Waals surface area (Å²) in [5.74, 6) is 1.55. The van der Waals surface area contributed by atoms with Gasteiger partial charge in [-0.15, -0.1) is 11.3 Å². The maximum atomic E-state index is 13.4. The summed E-state index contributed by atoms with van der Waals surface area (Å²) in [6.45, 7) is 3.21. The zero-order valence-electron chi connectivity index (χ0n) is 18.1. The first-order valence-electron chi connectivity index (χ1n) is 10.7. The molecular formula is C23H24N4O3S2. The number of hydrogen-bond donors (Lipinski definition) is 0. The van der Waals surface area contributed by atoms with Gasteiger partial charge in [-0.1, -0.05) is 34.6 Å². The molecule has 166 valence electrons. The topological polar surface area (TPSA) is 83.0 Å². The highest BCUT2D eigenvalue weighted by molar-refractivity contribution is 7.98. The summed E-state index contributed by atoms with van der Waals surface area (Å²) in [6, 6.07) is 7.98. The van der Waals surface area contributed by atoms with Gasteiger partial charge in [0.15, 0.2) is 11.0 Å². The number of aryl methyl sites for hydroxylation is 3. The van der Waals surface area contributed by atoms with Crippen molar-refractivity contribution in [3.05, 3.63) is 56.4 Å². The Bertz CT molecular complexity index is 1310. The molecule has 0 radical (unpaired) electrons. The summed E-state index contributed by atoms with van der Waals surface area (Å²) < 4.78 is 12.4. The van der Waals surface area contributed by atoms with Crippen LogP contribution in [0.3, 0.4) is 0 Å². The van der Waals surface area contributed by atoms with E-state index in [-0.39, 0.29) is 5.56 Å². The van der Waals surface area contributed by atoms with E-state index in [1.165, 1.54) is 27.8 Å². The third-order valence-corrected chi connectivity index (χ3v) is 7.78. The van der Waals surface area contributed by atoms with E-state index in [4.69, 9.17) is 14.2 Å². The lowest BCUT2D eigenvalue weighted by Crippen LogP contribution is -2.24. The first-order valence-corrected chi connectivity index (χ1v) is 12.5. The molecule has 7 nitrogen and oxygen atoms in total. The number of rotatable bonds is 8. The molecule has 0 unspecified atom stereocenters. The second kappa shape index (κ2) is 9.17. The van der Waals surface area contributed by atoms with Crippen LogP contribution in [0.5, 0.6) is 0 Å². The highest BCUT2D eigenvalue weighted by Crippen LogP contribution is 2.36. The predicted molar refractivity (Wildman–Crippen MR) is 126 cm³/mol. The van der Waals surface area contributed by atoms with Crippen LogP contribution in [0.25, 0.3) is 21.7 Å². The van der Waals surface area contributed by atoms with Crippen LogP contribution in [0.1, 0.15) is 34.7 Å². The van der Waals surface area contributed by atoms with Gasteiger partial charge in [0, 0.05) is 30.7 Å². The monoisotopic (exact) mass is 468 g/mol. The summed E-state index contributed by atoms with van der Waals surface area (Å²) in [5.41, 5.74) is 3.34. The molecule has 32 heavy (non-hydrogen) atoms. The number of aromatic nitrogens is 4. The number of benzene rings is 1. The lowest BCUT2D eigenvalue weighted by Gasteiger charge is -2.11. The molecule has 0 spiro atoms. The lowest BCUT2D eigenvalue weighted by molar-refractivity contribution is 0.189. The zero-order valence-corrected chi connectivity index (χ0v) is 19.7. The summed E-state index contributed by atoms with van der Waals surface area (Å²) >= 11 is 3.14. The van der Waals surface area contributed by atoms with Crippen molar-refractivity contribution in [3.63, 3.8) is 0 Å². The Labute approximate surface area is 193 Å². The molecule has 1 aliphatic carbocycles. The molecule has 3 aromatic heterocycles. The van der Waals surface area contributed by atoms with Crippen LogP contribution in [-0.2, 0) is 29.9 Å². The predicted octanol–water partition coefficient (Wildman–Crippen LogP) is 4.63. The van der Waals surface area contributed by atoms with E-state index in [0.717, 1.165) is 41.5 Å². The first-order chi connectivity index (χ1) is 15.6. The van der Waals surface area contributed by atoms with Crippen LogP contribution in [0.2, 0.25) is 0 Å². The minimum Gasteiger partial charge on any atom is -0.385 e. The van der Waals surface area contributed by atoms with Gasteiger partial charge >= 0.3 is 0 Å². The third kappa shape index (κ3) is 4.12. The van der Waals surface area contributed by atoms with Crippen molar-refractivity contribution >= 4 is 33.3 Å². The number of nitrogens with zero attached hydrogens (tertiary/aromatic N) is 4. The van der Waals surface area contributed by atoms with E-state index in [1.807, 2.05) is 31.2 Å². The van der Waals surface area contributed by atoms with Gasteiger partial charge in [-0.05, 0) is 50.3 Å². The van der Waals surface area contributed by atoms with Crippen molar-refractivity contribution in [1.29, 1.82) is 0 Å². The number of thiophene rings is 1. The fourth-order valence-electron chi connectivity index (χ4n) is 3.99. The van der Waals surface area contributed by atoms with Gasteiger partial charge in [0.25, 0.3) is 11.4 Å². The van der Waals surface area contributed by atoms with Crippen LogP contribution in [0, 0.1) is 6.92 Å². The summed E-state index contributed by atoms with van der Waals surface area (Å²) in [4.78, 5) is 25.0. The maximum Gasteiger partial charge on any atom is 0.263 e. The molecule has 0 aliphatic heterocycles. The molecule has 0 atom stereocenters. The molecule has 4 aromatic rings. The second-order valence-corrected chi connectivity index (χ2v) is 9.93. The Balaban J connectivity index is 1.42. The zero-order chi connectivity index (χ0) is 22.1. The number of fused-ring (bicyclic) bond motifs is 3. The molecule has 5 rings (SSSR count). The number of methoxy groups -OCH3 is 1. The van der Waals surface area contributed by atoms with Gasteiger partial charge in [0.05, 0.1) is 11.1 Å². The fraction of sp³-hybridized carbons (Fsp3) is 0.391. The van der Waals surface area contributed by atoms with E-state index < -0.39 is 0 Å². The molecule has 0 N–H and O–H groups in total. The van der Waals surface area contributed by atoms with E-state index in [9.17, 15) is 4.79 Å². The van der Waals surface area contributed by atoms with Gasteiger partial charge in [0.1, 0.15) is 4.83 Å². The smallest absolute Gasteiger partial charge is 0.263 e. The fourth-order valence-corrected chi connectivity index (χ4v) is 6.16. The Morgan fingerprint density at radius 2 is 2.06 bits per heavy atom. The van der Waals surface area contributed by atoms with Crippen molar-refractivity contribution in [2.45, 2.75) is 50.1 Å². The van der Waals surface area contributed by atoms with Crippen molar-refractivity contribution < 1.29 is 9.26 Å². The molecule has 3 heterocycles. The molecule has 1 aromatic carbocycles. The molecule has 0 fully saturated rings. The Morgan fingerprint density at radius 3 is 2.88 bits per heavy atom. The standard InChI is InChI=1S/C23H24N4O3S2/c1-14-7-9-15(10-8-14)20-24-18(26-30-20)13-31-23-25-21-19(16-5-3-6-17(16)32-21)22(28)27(23)11-4-12-29-2/h7-10H,3-6,11-13H2,1-2H3. The first kappa shape index (κ1) is 21.4. The molecule has 0 bridgehead atoms. The number of hydrogen-bond acceptors (Lipinski definition) is 8. The van der Waals surface area contributed by atoms with Gasteiger partial charge < -0.3 is 9.26 Å². The average molecular weight is 469 g/mol. The van der Waals surface area contributed by atoms with Gasteiger partial charge in [-0.2, -0.15) is 4.98 Å². The Hall–Kier alpha value is -2.49. The minimum absolute atomic E-state index is 0.0569. The summed E-state index contributed by atoms with van der Waals surface area (Å²) in [7, 11) is 1.67. The largest absolute Gasteiger partial charge is 0.385 e. The third-order valence-electron chi connectivity index (χ3n) is 5.62. The van der Waals surface area contributed by atoms with Crippen LogP contribution in [0.15, 0.2) is 38.7 Å². The van der Waals surface area contributed by atoms with Crippen LogP contribution >= 0.6 is 23.1 Å². The summed E-state index contributed by atoms with van der Waals surface area (Å²) in [5, 5.41) is 5.63. The maximum absolute atomic E-state index is 13.4. The number of thioether (sulfide) groups is 1. The second-order valence-electron chi connectivity index (χ2n) is 7.91. The van der Waals surface area contributed by atoms with Gasteiger partial charge in [-0.3, -0.25) is 9.36 Å². The van der Waals surface area contributed by atoms with Gasteiger partial charge in [-0.25, -0.2) is 4.98 Å². The summed E-state index contributed by atoms with van der Waals surface area (Å²) in [6.07, 6.45) is 3.90. The molecule has 0 amide bonds. The molecular weight excluding hydrogens is 444 g/mol. The van der Waals surface area contributed by atoms with Crippen molar-refractivity contribution in [1.82, 2.24) is 19.7 Å². The highest BCUT2D eigenvalue weighted by atomic mass is 32.2. The van der Waals surface area contributed by atoms with Crippen molar-refractivity contribution in [2.75, 3.05) is 13.7 Å². The Morgan fingerprint density at radius 1 is 1.22 bits per heavy atom. The SMILES string of the molecule is COCCCn1c(SCc2noc(-c3ccc(C)cc3)n2)nc2sc3c(c2c1=O)CCC3. The highest BCUT2D eigenvalue weighted by Gasteiger charge is 2.23. The Kier molecular flexibility index (Phi) is 6.12. The molecule has 0 saturated heterocycles. The van der Waals surface area contributed by atoms with Crippen molar-refractivity contribution in [3.8, 4) is 11.5 Å². The molecule has 1 aliphatic rings. The van der Waals surface area contributed by atoms with E-state index in [0.29, 0.717) is 35.8 Å². The van der Waals surface area contributed by atoms with E-state index in [2.05, 4.69) is 10.1 Å². The van der Waals surface area contributed by atoms with Crippen LogP contribution < -0.4 is 5.56 Å².